The van der Waals surface area contributed by atoms with E-state index in [0.717, 1.165) is 0 Å². The lowest BCUT2D eigenvalue weighted by Crippen LogP contribution is -2.28. The van der Waals surface area contributed by atoms with E-state index < -0.39 is 0 Å². The molecule has 0 aromatic heterocycles. The molecule has 106 valence electrons. The maximum Gasteiger partial charge on any atom is 0.306 e. The zero-order valence-corrected chi connectivity index (χ0v) is 12.2. The van der Waals surface area contributed by atoms with Crippen LogP contribution in [0.4, 0.5) is 0 Å². The van der Waals surface area contributed by atoms with E-state index in [1.54, 1.807) is 6.92 Å². The second-order valence-electron chi connectivity index (χ2n) is 5.10. The van der Waals surface area contributed by atoms with Gasteiger partial charge in [-0.1, -0.05) is 27.7 Å². The van der Waals surface area contributed by atoms with Crippen molar-refractivity contribution < 1.29 is 19.1 Å². The fraction of sp³-hybridized carbons (Fsp3) is 0.857. The van der Waals surface area contributed by atoms with Crippen LogP contribution in [0.25, 0.3) is 0 Å². The van der Waals surface area contributed by atoms with E-state index in [0.29, 0.717) is 24.9 Å². The van der Waals surface area contributed by atoms with Crippen molar-refractivity contribution in [1.29, 1.82) is 0 Å². The van der Waals surface area contributed by atoms with Crippen LogP contribution in [-0.2, 0) is 19.1 Å². The van der Waals surface area contributed by atoms with Gasteiger partial charge in [0.2, 0.25) is 0 Å². The molecule has 0 aliphatic rings. The van der Waals surface area contributed by atoms with Crippen LogP contribution in [-0.4, -0.2) is 24.6 Å². The third kappa shape index (κ3) is 7.30. The zero-order valence-electron chi connectivity index (χ0n) is 12.2. The second kappa shape index (κ2) is 8.95. The maximum atomic E-state index is 11.6. The summed E-state index contributed by atoms with van der Waals surface area (Å²) in [6, 6.07) is 0. The second-order valence-corrected chi connectivity index (χ2v) is 5.10. The summed E-state index contributed by atoms with van der Waals surface area (Å²) >= 11 is 0. The van der Waals surface area contributed by atoms with Gasteiger partial charge in [0.05, 0.1) is 6.61 Å². The summed E-state index contributed by atoms with van der Waals surface area (Å²) in [5.41, 5.74) is 0. The number of carbonyl (C=O) groups is 2. The van der Waals surface area contributed by atoms with Crippen LogP contribution in [0, 0.1) is 11.8 Å². The van der Waals surface area contributed by atoms with Gasteiger partial charge in [-0.15, -0.1) is 0 Å². The fourth-order valence-corrected chi connectivity index (χ4v) is 1.86. The molecule has 4 nitrogen and oxygen atoms in total. The van der Waals surface area contributed by atoms with Crippen LogP contribution in [0.3, 0.4) is 0 Å². The molecule has 0 bridgehead atoms. The van der Waals surface area contributed by atoms with Crippen LogP contribution >= 0.6 is 0 Å². The minimum absolute atomic E-state index is 0.0555. The highest BCUT2D eigenvalue weighted by Gasteiger charge is 2.21. The number of esters is 2. The minimum atomic E-state index is -0.255. The van der Waals surface area contributed by atoms with Gasteiger partial charge in [0.1, 0.15) is 6.10 Å². The molecule has 0 amide bonds. The third-order valence-electron chi connectivity index (χ3n) is 2.65. The van der Waals surface area contributed by atoms with E-state index in [2.05, 4.69) is 0 Å². The fourth-order valence-electron chi connectivity index (χ4n) is 1.86. The summed E-state index contributed by atoms with van der Waals surface area (Å²) in [4.78, 5) is 22.7. The lowest BCUT2D eigenvalue weighted by atomic mass is 9.96. The van der Waals surface area contributed by atoms with Crippen LogP contribution in [0.1, 0.15) is 53.9 Å². The summed E-state index contributed by atoms with van der Waals surface area (Å²) in [6.07, 6.45) is 0.979. The van der Waals surface area contributed by atoms with E-state index in [1.807, 2.05) is 27.7 Å². The Morgan fingerprint density at radius 1 is 0.944 bits per heavy atom. The molecule has 0 aromatic rings. The predicted octanol–water partition coefficient (Wildman–Crippen LogP) is 2.94. The molecule has 0 N–H and O–H groups in total. The molecule has 0 heterocycles. The first kappa shape index (κ1) is 16.9. The van der Waals surface area contributed by atoms with Gasteiger partial charge in [-0.05, 0) is 25.2 Å². The highest BCUT2D eigenvalue weighted by molar-refractivity contribution is 5.72. The molecule has 0 atom stereocenters. The van der Waals surface area contributed by atoms with Gasteiger partial charge in [0, 0.05) is 12.8 Å². The van der Waals surface area contributed by atoms with Crippen molar-refractivity contribution in [3.05, 3.63) is 0 Å². The normalized spacial score (nSPS) is 11.1. The van der Waals surface area contributed by atoms with Crippen molar-refractivity contribution in [2.24, 2.45) is 11.8 Å². The van der Waals surface area contributed by atoms with E-state index in [1.165, 1.54) is 0 Å². The first-order valence-electron chi connectivity index (χ1n) is 6.73. The Hall–Kier alpha value is -1.06. The number of hydrogen-bond acceptors (Lipinski definition) is 4. The smallest absolute Gasteiger partial charge is 0.306 e. The molecule has 0 aliphatic heterocycles. The van der Waals surface area contributed by atoms with Crippen LogP contribution in [0.2, 0.25) is 0 Å². The number of ether oxygens (including phenoxy) is 2. The molecule has 4 heteroatoms. The maximum absolute atomic E-state index is 11.6. The average molecular weight is 258 g/mol. The van der Waals surface area contributed by atoms with Gasteiger partial charge in [-0.2, -0.15) is 0 Å². The van der Waals surface area contributed by atoms with E-state index in [9.17, 15) is 9.59 Å². The van der Waals surface area contributed by atoms with Gasteiger partial charge in [-0.3, -0.25) is 9.59 Å². The van der Waals surface area contributed by atoms with Crippen LogP contribution in [0.15, 0.2) is 0 Å². The van der Waals surface area contributed by atoms with Crippen molar-refractivity contribution >= 4 is 11.9 Å². The Morgan fingerprint density at radius 2 is 1.44 bits per heavy atom. The minimum Gasteiger partial charge on any atom is -0.466 e. The molecule has 0 rings (SSSR count). The van der Waals surface area contributed by atoms with Gasteiger partial charge in [-0.25, -0.2) is 0 Å². The van der Waals surface area contributed by atoms with Crippen LogP contribution in [0.5, 0.6) is 0 Å². The van der Waals surface area contributed by atoms with E-state index in [-0.39, 0.29) is 30.9 Å². The summed E-state index contributed by atoms with van der Waals surface area (Å²) in [6.45, 7) is 10.3. The third-order valence-corrected chi connectivity index (χ3v) is 2.65. The average Bonchev–Trinajstić information content (AvgIpc) is 2.25. The Balaban J connectivity index is 3.92. The number of rotatable bonds is 8. The highest BCUT2D eigenvalue weighted by Crippen LogP contribution is 2.17. The molecule has 0 radical (unpaired) electrons. The van der Waals surface area contributed by atoms with Crippen molar-refractivity contribution in [3.8, 4) is 0 Å². The Kier molecular flexibility index (Phi) is 8.42. The van der Waals surface area contributed by atoms with Crippen molar-refractivity contribution in [2.45, 2.75) is 60.0 Å². The zero-order chi connectivity index (χ0) is 14.1. The summed E-state index contributed by atoms with van der Waals surface area (Å²) in [5.74, 6) is 0.124. The Labute approximate surface area is 110 Å². The molecule has 0 saturated heterocycles. The molecular weight excluding hydrogens is 232 g/mol. The largest absolute Gasteiger partial charge is 0.466 e. The Bertz CT molecular complexity index is 251. The first-order chi connectivity index (χ1) is 8.38. The molecule has 0 aromatic carbocycles. The van der Waals surface area contributed by atoms with Crippen molar-refractivity contribution in [2.75, 3.05) is 6.61 Å². The Morgan fingerprint density at radius 3 is 1.89 bits per heavy atom. The molecule has 0 aliphatic carbocycles. The molecule has 0 spiro atoms. The lowest BCUT2D eigenvalue weighted by Gasteiger charge is -2.24. The number of hydrogen-bond donors (Lipinski definition) is 0. The van der Waals surface area contributed by atoms with Crippen LogP contribution < -0.4 is 0 Å². The lowest BCUT2D eigenvalue weighted by molar-refractivity contribution is -0.154. The standard InChI is InChI=1S/C14H26O4/c1-6-17-12(15)8-7-9-13(16)18-14(10(2)3)11(4)5/h10-11,14H,6-9H2,1-5H3. The van der Waals surface area contributed by atoms with E-state index >= 15 is 0 Å². The van der Waals surface area contributed by atoms with Gasteiger partial charge in [0.15, 0.2) is 0 Å². The topological polar surface area (TPSA) is 52.6 Å². The monoisotopic (exact) mass is 258 g/mol. The van der Waals surface area contributed by atoms with Gasteiger partial charge in [0.25, 0.3) is 0 Å². The summed E-state index contributed by atoms with van der Waals surface area (Å²) in [7, 11) is 0. The first-order valence-corrected chi connectivity index (χ1v) is 6.73. The molecule has 18 heavy (non-hydrogen) atoms. The quantitative estimate of drug-likeness (QED) is 0.628. The van der Waals surface area contributed by atoms with Crippen molar-refractivity contribution in [1.82, 2.24) is 0 Å². The SMILES string of the molecule is CCOC(=O)CCCC(=O)OC(C(C)C)C(C)C. The predicted molar refractivity (Wildman–Crippen MR) is 70.0 cm³/mol. The summed E-state index contributed by atoms with van der Waals surface area (Å²) in [5, 5.41) is 0. The van der Waals surface area contributed by atoms with Crippen molar-refractivity contribution in [3.63, 3.8) is 0 Å². The molecule has 0 fully saturated rings. The van der Waals surface area contributed by atoms with Gasteiger partial charge < -0.3 is 9.47 Å². The van der Waals surface area contributed by atoms with Gasteiger partial charge >= 0.3 is 11.9 Å². The van der Waals surface area contributed by atoms with E-state index in [4.69, 9.17) is 9.47 Å². The summed E-state index contributed by atoms with van der Waals surface area (Å²) < 4.78 is 10.2. The highest BCUT2D eigenvalue weighted by atomic mass is 16.5. The number of carbonyl (C=O) groups excluding carboxylic acids is 2. The molecule has 0 saturated carbocycles. The molecule has 0 unspecified atom stereocenters. The molecular formula is C14H26O4.